The van der Waals surface area contributed by atoms with Crippen molar-refractivity contribution in [3.63, 3.8) is 0 Å². The first-order chi connectivity index (χ1) is 13.5. The Morgan fingerprint density at radius 2 is 1.64 bits per heavy atom. The van der Waals surface area contributed by atoms with Gasteiger partial charge < -0.3 is 0 Å². The van der Waals surface area contributed by atoms with Gasteiger partial charge in [-0.3, -0.25) is 20.2 Å². The Kier molecular flexibility index (Phi) is 7.79. The second-order valence-corrected chi connectivity index (χ2v) is 10.5. The van der Waals surface area contributed by atoms with E-state index in [4.69, 9.17) is 0 Å². The summed E-state index contributed by atoms with van der Waals surface area (Å²) in [6.07, 6.45) is 0. The lowest BCUT2D eigenvalue weighted by molar-refractivity contribution is -0.113. The summed E-state index contributed by atoms with van der Waals surface area (Å²) in [7, 11) is 0. The third-order valence-corrected chi connectivity index (χ3v) is 7.51. The average Bonchev–Trinajstić information content (AvgIpc) is 3.30. The molecule has 28 heavy (non-hydrogen) atoms. The maximum absolute atomic E-state index is 12.3. The summed E-state index contributed by atoms with van der Waals surface area (Å²) in [6.45, 7) is 2.03. The van der Waals surface area contributed by atoms with E-state index < -0.39 is 0 Å². The van der Waals surface area contributed by atoms with Gasteiger partial charge in [0.1, 0.15) is 0 Å². The van der Waals surface area contributed by atoms with Crippen molar-refractivity contribution >= 4 is 84.2 Å². The number of hydrogen-bond donors (Lipinski definition) is 2. The van der Waals surface area contributed by atoms with E-state index in [1.165, 1.54) is 34.4 Å². The quantitative estimate of drug-likeness (QED) is 0.337. The number of benzene rings is 1. The third kappa shape index (κ3) is 5.98. The molecule has 8 nitrogen and oxygen atoms in total. The van der Waals surface area contributed by atoms with Gasteiger partial charge in [-0.25, -0.2) is 0 Å². The van der Waals surface area contributed by atoms with Crippen molar-refractivity contribution in [2.45, 2.75) is 15.6 Å². The van der Waals surface area contributed by atoms with Crippen molar-refractivity contribution < 1.29 is 9.59 Å². The number of aromatic nitrogens is 4. The van der Waals surface area contributed by atoms with Crippen LogP contribution in [0.1, 0.15) is 17.3 Å². The molecule has 2 amide bonds. The van der Waals surface area contributed by atoms with E-state index >= 15 is 0 Å². The van der Waals surface area contributed by atoms with Gasteiger partial charge in [-0.1, -0.05) is 65.3 Å². The molecule has 146 valence electrons. The maximum atomic E-state index is 12.3. The van der Waals surface area contributed by atoms with Gasteiger partial charge in [0.25, 0.3) is 5.91 Å². The van der Waals surface area contributed by atoms with Crippen LogP contribution in [0.25, 0.3) is 0 Å². The molecule has 0 aliphatic carbocycles. The lowest BCUT2D eigenvalue weighted by Crippen LogP contribution is -2.13. The summed E-state index contributed by atoms with van der Waals surface area (Å²) in [5, 5.41) is 22.1. The zero-order valence-corrected chi connectivity index (χ0v) is 19.2. The van der Waals surface area contributed by atoms with E-state index in [0.717, 1.165) is 10.1 Å². The molecule has 13 heteroatoms. The van der Waals surface area contributed by atoms with Crippen LogP contribution in [0.3, 0.4) is 0 Å². The van der Waals surface area contributed by atoms with Crippen LogP contribution < -0.4 is 10.6 Å². The fraction of sp³-hybridized carbons (Fsp3) is 0.200. The largest absolute Gasteiger partial charge is 0.300 e. The molecule has 0 saturated carbocycles. The monoisotopic (exact) mass is 516 g/mol. The van der Waals surface area contributed by atoms with Crippen LogP contribution in [0, 0.1) is 0 Å². The molecule has 0 saturated heterocycles. The minimum absolute atomic E-state index is 0.155. The molecule has 1 aromatic carbocycles. The van der Waals surface area contributed by atoms with Crippen molar-refractivity contribution in [3.8, 4) is 0 Å². The lowest BCUT2D eigenvalue weighted by atomic mass is 10.2. The van der Waals surface area contributed by atoms with Crippen LogP contribution in [0.5, 0.6) is 0 Å². The van der Waals surface area contributed by atoms with Gasteiger partial charge in [0.05, 0.1) is 11.3 Å². The maximum Gasteiger partial charge on any atom is 0.258 e. The standard InChI is InChI=1S/C15H13BrN6O2S4/c1-2-25-14-21-19-12(27-14)17-10(23)7-26-15-22-20-13(28-15)18-11(24)8-5-3-4-6-9(8)16/h3-6H,2,7H2,1H3,(H,17,19,23)(H,18,20,24). The highest BCUT2D eigenvalue weighted by Gasteiger charge is 2.14. The number of nitrogens with zero attached hydrogens (tertiary/aromatic N) is 4. The smallest absolute Gasteiger partial charge is 0.258 e. The number of nitrogens with one attached hydrogen (secondary N) is 2. The Balaban J connectivity index is 1.49. The molecule has 3 rings (SSSR count). The molecule has 2 aromatic heterocycles. The molecule has 3 aromatic rings. The van der Waals surface area contributed by atoms with Crippen molar-refractivity contribution in [2.24, 2.45) is 0 Å². The van der Waals surface area contributed by atoms with Crippen LogP contribution in [-0.4, -0.2) is 43.7 Å². The number of thioether (sulfide) groups is 2. The number of hydrogen-bond acceptors (Lipinski definition) is 10. The molecule has 0 radical (unpaired) electrons. The van der Waals surface area contributed by atoms with Crippen molar-refractivity contribution in [1.82, 2.24) is 20.4 Å². The second kappa shape index (κ2) is 10.3. The minimum atomic E-state index is -0.282. The van der Waals surface area contributed by atoms with Crippen molar-refractivity contribution in [3.05, 3.63) is 34.3 Å². The first-order valence-corrected chi connectivity index (χ1v) is 12.2. The van der Waals surface area contributed by atoms with Crippen molar-refractivity contribution in [1.29, 1.82) is 0 Å². The fourth-order valence-electron chi connectivity index (χ4n) is 1.85. The van der Waals surface area contributed by atoms with E-state index in [2.05, 4.69) is 47.0 Å². The number of rotatable bonds is 8. The number of carbonyl (C=O) groups is 2. The molecule has 0 spiro atoms. The Morgan fingerprint density at radius 1 is 1.00 bits per heavy atom. The Hall–Kier alpha value is -1.54. The molecule has 0 bridgehead atoms. The molecular weight excluding hydrogens is 504 g/mol. The molecular formula is C15H13BrN6O2S4. The summed E-state index contributed by atoms with van der Waals surface area (Å²) in [5.74, 6) is 0.566. The second-order valence-electron chi connectivity index (χ2n) is 4.95. The van der Waals surface area contributed by atoms with Crippen molar-refractivity contribution in [2.75, 3.05) is 22.1 Å². The van der Waals surface area contributed by atoms with Crippen LogP contribution in [-0.2, 0) is 4.79 Å². The molecule has 0 atom stereocenters. The van der Waals surface area contributed by atoms with Crippen LogP contribution in [0.2, 0.25) is 0 Å². The molecule has 0 fully saturated rings. The van der Waals surface area contributed by atoms with E-state index in [-0.39, 0.29) is 17.6 Å². The van der Waals surface area contributed by atoms with E-state index in [1.807, 2.05) is 13.0 Å². The number of amides is 2. The fourth-order valence-corrected chi connectivity index (χ4v) is 5.53. The summed E-state index contributed by atoms with van der Waals surface area (Å²) >= 11 is 8.70. The van der Waals surface area contributed by atoms with E-state index in [1.54, 1.807) is 30.0 Å². The lowest BCUT2D eigenvalue weighted by Gasteiger charge is -2.02. The third-order valence-electron chi connectivity index (χ3n) is 2.99. The van der Waals surface area contributed by atoms with E-state index in [0.29, 0.717) is 24.6 Å². The van der Waals surface area contributed by atoms with E-state index in [9.17, 15) is 9.59 Å². The van der Waals surface area contributed by atoms with Crippen LogP contribution in [0.15, 0.2) is 37.4 Å². The molecule has 2 N–H and O–H groups in total. The SMILES string of the molecule is CCSc1nnc(NC(=O)CSc2nnc(NC(=O)c3ccccc3Br)s2)s1. The number of carbonyl (C=O) groups excluding carboxylic acids is 2. The summed E-state index contributed by atoms with van der Waals surface area (Å²) < 4.78 is 2.09. The first-order valence-electron chi connectivity index (χ1n) is 7.83. The predicted octanol–water partition coefficient (Wildman–Crippen LogP) is 4.25. The Morgan fingerprint density at radius 3 is 2.32 bits per heavy atom. The molecule has 0 aliphatic heterocycles. The summed E-state index contributed by atoms with van der Waals surface area (Å²) in [6, 6.07) is 7.10. The Bertz CT molecular complexity index is 979. The highest BCUT2D eigenvalue weighted by Crippen LogP contribution is 2.28. The van der Waals surface area contributed by atoms with Gasteiger partial charge in [0, 0.05) is 4.47 Å². The number of halogens is 1. The predicted molar refractivity (Wildman–Crippen MR) is 118 cm³/mol. The highest BCUT2D eigenvalue weighted by molar-refractivity contribution is 9.10. The van der Waals surface area contributed by atoms with Gasteiger partial charge in [0.2, 0.25) is 16.2 Å². The van der Waals surface area contributed by atoms with Crippen LogP contribution >= 0.6 is 62.1 Å². The average molecular weight is 517 g/mol. The van der Waals surface area contributed by atoms with Gasteiger partial charge in [-0.2, -0.15) is 0 Å². The topological polar surface area (TPSA) is 110 Å². The zero-order valence-electron chi connectivity index (χ0n) is 14.3. The van der Waals surface area contributed by atoms with Gasteiger partial charge in [0.15, 0.2) is 8.68 Å². The van der Waals surface area contributed by atoms with Crippen LogP contribution in [0.4, 0.5) is 10.3 Å². The minimum Gasteiger partial charge on any atom is -0.300 e. The van der Waals surface area contributed by atoms with Gasteiger partial charge in [-0.05, 0) is 33.8 Å². The first kappa shape index (κ1) is 21.2. The van der Waals surface area contributed by atoms with Gasteiger partial charge >= 0.3 is 0 Å². The molecule has 0 unspecified atom stereocenters. The highest BCUT2D eigenvalue weighted by atomic mass is 79.9. The summed E-state index contributed by atoms with van der Waals surface area (Å²) in [5.41, 5.74) is 0.504. The normalized spacial score (nSPS) is 10.6. The Labute approximate surface area is 185 Å². The summed E-state index contributed by atoms with van der Waals surface area (Å²) in [4.78, 5) is 24.3. The van der Waals surface area contributed by atoms with Gasteiger partial charge in [-0.15, -0.1) is 20.4 Å². The molecule has 2 heterocycles. The molecule has 0 aliphatic rings. The number of anilines is 2. The zero-order chi connectivity index (χ0) is 19.9.